The van der Waals surface area contributed by atoms with Gasteiger partial charge in [0.15, 0.2) is 0 Å². The lowest BCUT2D eigenvalue weighted by molar-refractivity contribution is -0.119. The molecule has 7 heteroatoms. The molecule has 1 amide bonds. The average molecular weight is 361 g/mol. The van der Waals surface area contributed by atoms with Gasteiger partial charge >= 0.3 is 0 Å². The zero-order valence-electron chi connectivity index (χ0n) is 14.1. The van der Waals surface area contributed by atoms with E-state index in [2.05, 4.69) is 20.5 Å². The van der Waals surface area contributed by atoms with Gasteiger partial charge in [-0.2, -0.15) is 0 Å². The molecule has 1 atom stereocenters. The molecule has 1 unspecified atom stereocenters. The number of hydrogen-bond acceptors (Lipinski definition) is 6. The van der Waals surface area contributed by atoms with Crippen LogP contribution in [0, 0.1) is 0 Å². The molecule has 2 aromatic heterocycles. The summed E-state index contributed by atoms with van der Waals surface area (Å²) in [6.45, 7) is 5.78. The van der Waals surface area contributed by atoms with E-state index in [0.717, 1.165) is 21.8 Å². The molecule has 24 heavy (non-hydrogen) atoms. The molecule has 126 valence electrons. The van der Waals surface area contributed by atoms with E-state index >= 15 is 0 Å². The van der Waals surface area contributed by atoms with E-state index < -0.39 is 0 Å². The van der Waals surface area contributed by atoms with Gasteiger partial charge in [-0.05, 0) is 37.8 Å². The molecule has 0 aromatic carbocycles. The van der Waals surface area contributed by atoms with Crippen molar-refractivity contribution in [2.24, 2.45) is 0 Å². The molecule has 1 N–H and O–H groups in total. The molecule has 0 radical (unpaired) electrons. The van der Waals surface area contributed by atoms with Crippen molar-refractivity contribution in [1.82, 2.24) is 20.5 Å². The predicted molar refractivity (Wildman–Crippen MR) is 101 cm³/mol. The molecule has 0 aliphatic rings. The van der Waals surface area contributed by atoms with Crippen LogP contribution in [0.5, 0.6) is 0 Å². The molecular formula is C17H20N4OS2. The minimum absolute atomic E-state index is 0.0606. The molecule has 2 heterocycles. The molecule has 0 bridgehead atoms. The predicted octanol–water partition coefficient (Wildman–Crippen LogP) is 3.81. The summed E-state index contributed by atoms with van der Waals surface area (Å²) in [6, 6.07) is 3.99. The Balaban J connectivity index is 2.42. The normalized spacial score (nSPS) is 13.2. The topological polar surface area (TPSA) is 67.8 Å². The van der Waals surface area contributed by atoms with Crippen LogP contribution in [-0.2, 0) is 4.79 Å². The van der Waals surface area contributed by atoms with Gasteiger partial charge in [0.1, 0.15) is 11.4 Å². The van der Waals surface area contributed by atoms with Gasteiger partial charge in [0.25, 0.3) is 0 Å². The number of hydrogen-bond donors (Lipinski definition) is 1. The first kappa shape index (κ1) is 18.4. The molecule has 0 aliphatic carbocycles. The van der Waals surface area contributed by atoms with Crippen LogP contribution in [0.15, 0.2) is 40.9 Å². The maximum Gasteiger partial charge on any atom is 0.233 e. The van der Waals surface area contributed by atoms with Crippen molar-refractivity contribution < 1.29 is 4.79 Å². The SMILES string of the molecule is C/C=C\C=C(/C)c1nnc(SC(C)C(=O)NC)nc1-c1cccs1. The summed E-state index contributed by atoms with van der Waals surface area (Å²) in [5, 5.41) is 13.4. The molecule has 0 fully saturated rings. The van der Waals surface area contributed by atoms with E-state index in [9.17, 15) is 4.79 Å². The van der Waals surface area contributed by atoms with E-state index in [1.54, 1.807) is 18.4 Å². The summed E-state index contributed by atoms with van der Waals surface area (Å²) in [4.78, 5) is 17.4. The summed E-state index contributed by atoms with van der Waals surface area (Å²) in [6.07, 6.45) is 5.92. The summed E-state index contributed by atoms with van der Waals surface area (Å²) in [5.74, 6) is -0.0606. The molecule has 0 aliphatic heterocycles. The molecule has 2 aromatic rings. The second kappa shape index (κ2) is 8.75. The largest absolute Gasteiger partial charge is 0.358 e. The summed E-state index contributed by atoms with van der Waals surface area (Å²) in [7, 11) is 1.62. The van der Waals surface area contributed by atoms with Gasteiger partial charge in [-0.25, -0.2) is 4.98 Å². The zero-order chi connectivity index (χ0) is 17.5. The van der Waals surface area contributed by atoms with Crippen LogP contribution in [0.2, 0.25) is 0 Å². The third kappa shape index (κ3) is 4.52. The monoisotopic (exact) mass is 360 g/mol. The number of thioether (sulfide) groups is 1. The van der Waals surface area contributed by atoms with Crippen LogP contribution in [0.3, 0.4) is 0 Å². The maximum absolute atomic E-state index is 11.7. The van der Waals surface area contributed by atoms with Crippen molar-refractivity contribution in [2.75, 3.05) is 7.05 Å². The van der Waals surface area contributed by atoms with E-state index in [-0.39, 0.29) is 11.2 Å². The first-order valence-electron chi connectivity index (χ1n) is 7.53. The molecule has 0 saturated carbocycles. The number of allylic oxidation sites excluding steroid dienone is 4. The average Bonchev–Trinajstić information content (AvgIpc) is 3.13. The van der Waals surface area contributed by atoms with Crippen molar-refractivity contribution >= 4 is 34.6 Å². The van der Waals surface area contributed by atoms with Gasteiger partial charge in [-0.3, -0.25) is 4.79 Å². The number of carbonyl (C=O) groups excluding carboxylic acids is 1. The molecule has 2 rings (SSSR count). The fourth-order valence-corrected chi connectivity index (χ4v) is 3.43. The number of carbonyl (C=O) groups is 1. The highest BCUT2D eigenvalue weighted by molar-refractivity contribution is 8.00. The Bertz CT molecular complexity index is 754. The number of aromatic nitrogens is 3. The van der Waals surface area contributed by atoms with Crippen LogP contribution >= 0.6 is 23.1 Å². The van der Waals surface area contributed by atoms with Crippen LogP contribution in [0.4, 0.5) is 0 Å². The van der Waals surface area contributed by atoms with Crippen molar-refractivity contribution in [2.45, 2.75) is 31.2 Å². The van der Waals surface area contributed by atoms with Crippen molar-refractivity contribution in [3.05, 3.63) is 41.4 Å². The number of nitrogens with zero attached hydrogens (tertiary/aromatic N) is 3. The van der Waals surface area contributed by atoms with Gasteiger partial charge in [0.05, 0.1) is 10.1 Å². The molecule has 5 nitrogen and oxygen atoms in total. The van der Waals surface area contributed by atoms with Crippen LogP contribution in [0.1, 0.15) is 26.5 Å². The second-order valence-electron chi connectivity index (χ2n) is 5.02. The first-order chi connectivity index (χ1) is 11.6. The molecule has 0 spiro atoms. The van der Waals surface area contributed by atoms with E-state index in [0.29, 0.717) is 5.16 Å². The maximum atomic E-state index is 11.7. The first-order valence-corrected chi connectivity index (χ1v) is 9.29. The van der Waals surface area contributed by atoms with Crippen LogP contribution < -0.4 is 5.32 Å². The molecular weight excluding hydrogens is 340 g/mol. The van der Waals surface area contributed by atoms with Crippen LogP contribution in [0.25, 0.3) is 16.1 Å². The number of amides is 1. The van der Waals surface area contributed by atoms with Gasteiger partial charge in [0.2, 0.25) is 11.1 Å². The Labute approximate surface area is 150 Å². The lowest BCUT2D eigenvalue weighted by Gasteiger charge is -2.10. The van der Waals surface area contributed by atoms with Crippen LogP contribution in [-0.4, -0.2) is 33.4 Å². The zero-order valence-corrected chi connectivity index (χ0v) is 15.7. The number of rotatable bonds is 6. The van der Waals surface area contributed by atoms with Gasteiger partial charge in [-0.1, -0.05) is 36.1 Å². The Kier molecular flexibility index (Phi) is 6.69. The van der Waals surface area contributed by atoms with E-state index in [1.807, 2.05) is 56.5 Å². The highest BCUT2D eigenvalue weighted by Gasteiger charge is 2.18. The quantitative estimate of drug-likeness (QED) is 0.627. The highest BCUT2D eigenvalue weighted by atomic mass is 32.2. The van der Waals surface area contributed by atoms with Gasteiger partial charge < -0.3 is 5.32 Å². The smallest absolute Gasteiger partial charge is 0.233 e. The second-order valence-corrected chi connectivity index (χ2v) is 7.27. The Morgan fingerprint density at radius 1 is 1.42 bits per heavy atom. The number of thiophene rings is 1. The van der Waals surface area contributed by atoms with Crippen molar-refractivity contribution in [1.29, 1.82) is 0 Å². The minimum Gasteiger partial charge on any atom is -0.358 e. The summed E-state index contributed by atoms with van der Waals surface area (Å²) < 4.78 is 0. The lowest BCUT2D eigenvalue weighted by atomic mass is 10.1. The minimum atomic E-state index is -0.279. The van der Waals surface area contributed by atoms with Crippen molar-refractivity contribution in [3.63, 3.8) is 0 Å². The standard InChI is InChI=1S/C17H20N4OS2/c1-5-6-8-11(2)14-15(13-9-7-10-23-13)19-17(21-20-14)24-12(3)16(22)18-4/h5-10,12H,1-4H3,(H,18,22)/b6-5-,11-8+. The fraction of sp³-hybridized carbons (Fsp3) is 0.294. The lowest BCUT2D eigenvalue weighted by Crippen LogP contribution is -2.27. The van der Waals surface area contributed by atoms with Gasteiger partial charge in [0, 0.05) is 7.05 Å². The fourth-order valence-electron chi connectivity index (χ4n) is 1.95. The Hall–Kier alpha value is -1.99. The Morgan fingerprint density at radius 3 is 2.83 bits per heavy atom. The highest BCUT2D eigenvalue weighted by Crippen LogP contribution is 2.31. The van der Waals surface area contributed by atoms with Crippen molar-refractivity contribution in [3.8, 4) is 10.6 Å². The van der Waals surface area contributed by atoms with Gasteiger partial charge in [-0.15, -0.1) is 21.5 Å². The molecule has 0 saturated heterocycles. The Morgan fingerprint density at radius 2 is 2.21 bits per heavy atom. The third-order valence-corrected chi connectivity index (χ3v) is 5.06. The summed E-state index contributed by atoms with van der Waals surface area (Å²) in [5.41, 5.74) is 2.55. The van der Waals surface area contributed by atoms with E-state index in [4.69, 9.17) is 0 Å². The van der Waals surface area contributed by atoms with E-state index in [1.165, 1.54) is 11.8 Å². The number of nitrogens with one attached hydrogen (secondary N) is 1. The third-order valence-electron chi connectivity index (χ3n) is 3.23. The summed E-state index contributed by atoms with van der Waals surface area (Å²) >= 11 is 2.91.